The average molecular weight is 341 g/mol. The van der Waals surface area contributed by atoms with Crippen LogP contribution in [0.15, 0.2) is 64.8 Å². The van der Waals surface area contributed by atoms with Gasteiger partial charge in [0.25, 0.3) is 0 Å². The first kappa shape index (κ1) is 18.3. The van der Waals surface area contributed by atoms with E-state index in [4.69, 9.17) is 10.8 Å². The van der Waals surface area contributed by atoms with E-state index in [0.29, 0.717) is 17.8 Å². The largest absolute Gasteiger partial charge is 0.481 e. The van der Waals surface area contributed by atoms with Gasteiger partial charge in [0.2, 0.25) is 0 Å². The highest BCUT2D eigenvalue weighted by atomic mass is 16.4. The Hall–Kier alpha value is -3.06. The summed E-state index contributed by atoms with van der Waals surface area (Å²) in [5, 5.41) is 26.4. The summed E-state index contributed by atoms with van der Waals surface area (Å²) in [7, 11) is 0. The molecule has 1 unspecified atom stereocenters. The van der Waals surface area contributed by atoms with Crippen molar-refractivity contribution in [3.8, 4) is 0 Å². The quantitative estimate of drug-likeness (QED) is 0.636. The van der Waals surface area contributed by atoms with Gasteiger partial charge in [-0.05, 0) is 29.7 Å². The number of carbonyl (C=O) groups is 2. The second-order valence-corrected chi connectivity index (χ2v) is 5.57. The van der Waals surface area contributed by atoms with Crippen LogP contribution in [0.2, 0.25) is 0 Å². The molecule has 0 heterocycles. The Labute approximate surface area is 144 Å². The first-order valence-corrected chi connectivity index (χ1v) is 7.69. The monoisotopic (exact) mass is 341 g/mol. The van der Waals surface area contributed by atoms with E-state index in [1.807, 2.05) is 30.3 Å². The number of hydrogen-bond donors (Lipinski definition) is 3. The van der Waals surface area contributed by atoms with Crippen LogP contribution in [0.5, 0.6) is 0 Å². The third kappa shape index (κ3) is 5.50. The van der Waals surface area contributed by atoms with Crippen molar-refractivity contribution in [2.24, 2.45) is 21.9 Å². The van der Waals surface area contributed by atoms with E-state index < -0.39 is 23.9 Å². The molecule has 0 fully saturated rings. The zero-order valence-corrected chi connectivity index (χ0v) is 13.4. The number of carboxylic acids is 2. The van der Waals surface area contributed by atoms with E-state index in [9.17, 15) is 14.7 Å². The number of hydrogen-bond acceptors (Lipinski definition) is 5. The minimum atomic E-state index is -1.47. The Balaban J connectivity index is 2.07. The Morgan fingerprint density at radius 2 is 1.64 bits per heavy atom. The fourth-order valence-corrected chi connectivity index (χ4v) is 2.32. The number of azo groups is 1. The van der Waals surface area contributed by atoms with Gasteiger partial charge in [-0.3, -0.25) is 9.59 Å². The predicted molar refractivity (Wildman–Crippen MR) is 91.5 cm³/mol. The molecule has 0 radical (unpaired) electrons. The molecule has 2 aromatic carbocycles. The molecule has 0 aliphatic rings. The van der Waals surface area contributed by atoms with Crippen LogP contribution in [-0.4, -0.2) is 28.2 Å². The van der Waals surface area contributed by atoms with E-state index in [1.54, 1.807) is 24.3 Å². The lowest BCUT2D eigenvalue weighted by Crippen LogP contribution is -2.43. The molecule has 0 amide bonds. The van der Waals surface area contributed by atoms with Gasteiger partial charge < -0.3 is 15.9 Å². The lowest BCUT2D eigenvalue weighted by atomic mass is 9.92. The molecular weight excluding hydrogens is 322 g/mol. The highest BCUT2D eigenvalue weighted by Crippen LogP contribution is 2.19. The van der Waals surface area contributed by atoms with Gasteiger partial charge in [0.05, 0.1) is 18.2 Å². The number of nitrogens with two attached hydrogens (primary N) is 1. The molecule has 2 atom stereocenters. The van der Waals surface area contributed by atoms with E-state index in [-0.39, 0.29) is 6.42 Å². The SMILES string of the molecule is N[C@H](C(=O)O)C(Cc1cccc(N=NCc2ccccc2)c1)C(=O)O. The molecule has 2 rings (SSSR count). The van der Waals surface area contributed by atoms with Crippen molar-refractivity contribution < 1.29 is 19.8 Å². The normalized spacial score (nSPS) is 13.5. The van der Waals surface area contributed by atoms with Gasteiger partial charge in [0.1, 0.15) is 6.04 Å². The number of carboxylic acid groups (broad SMARTS) is 2. The van der Waals surface area contributed by atoms with Crippen LogP contribution in [0.25, 0.3) is 0 Å². The highest BCUT2D eigenvalue weighted by molar-refractivity contribution is 5.82. The number of nitrogens with zero attached hydrogens (tertiary/aromatic N) is 2. The van der Waals surface area contributed by atoms with Gasteiger partial charge in [-0.2, -0.15) is 10.2 Å². The molecule has 0 bridgehead atoms. The molecule has 0 saturated carbocycles. The minimum Gasteiger partial charge on any atom is -0.481 e. The summed E-state index contributed by atoms with van der Waals surface area (Å²) in [6.07, 6.45) is 0.00481. The summed E-state index contributed by atoms with van der Waals surface area (Å²) in [6.45, 7) is 0.437. The van der Waals surface area contributed by atoms with E-state index >= 15 is 0 Å². The molecule has 0 saturated heterocycles. The average Bonchev–Trinajstić information content (AvgIpc) is 2.60. The number of aliphatic carboxylic acids is 2. The third-order valence-corrected chi connectivity index (χ3v) is 3.68. The molecule has 0 aromatic heterocycles. The fraction of sp³-hybridized carbons (Fsp3) is 0.222. The van der Waals surface area contributed by atoms with Crippen molar-refractivity contribution in [1.29, 1.82) is 0 Å². The predicted octanol–water partition coefficient (Wildman–Crippen LogP) is 2.63. The molecule has 4 N–H and O–H groups in total. The van der Waals surface area contributed by atoms with Crippen LogP contribution in [0, 0.1) is 5.92 Å². The molecule has 25 heavy (non-hydrogen) atoms. The van der Waals surface area contributed by atoms with E-state index in [0.717, 1.165) is 5.56 Å². The van der Waals surface area contributed by atoms with Crippen LogP contribution < -0.4 is 5.73 Å². The molecule has 7 nitrogen and oxygen atoms in total. The van der Waals surface area contributed by atoms with Gasteiger partial charge in [-0.15, -0.1) is 0 Å². The van der Waals surface area contributed by atoms with Crippen LogP contribution in [0.3, 0.4) is 0 Å². The zero-order valence-electron chi connectivity index (χ0n) is 13.4. The Morgan fingerprint density at radius 3 is 2.28 bits per heavy atom. The zero-order chi connectivity index (χ0) is 18.2. The van der Waals surface area contributed by atoms with Gasteiger partial charge >= 0.3 is 11.9 Å². The van der Waals surface area contributed by atoms with Crippen LogP contribution >= 0.6 is 0 Å². The second kappa shape index (κ2) is 8.70. The van der Waals surface area contributed by atoms with Crippen molar-refractivity contribution in [1.82, 2.24) is 0 Å². The van der Waals surface area contributed by atoms with Gasteiger partial charge in [-0.1, -0.05) is 42.5 Å². The number of rotatable bonds is 8. The maximum Gasteiger partial charge on any atom is 0.321 e. The molecular formula is C18H19N3O4. The first-order chi connectivity index (χ1) is 12.0. The van der Waals surface area contributed by atoms with Crippen LogP contribution in [0.1, 0.15) is 11.1 Å². The summed E-state index contributed by atoms with van der Waals surface area (Å²) < 4.78 is 0. The number of benzene rings is 2. The van der Waals surface area contributed by atoms with Crippen LogP contribution in [-0.2, 0) is 22.6 Å². The Bertz CT molecular complexity index is 762. The van der Waals surface area contributed by atoms with Crippen molar-refractivity contribution in [3.05, 3.63) is 65.7 Å². The van der Waals surface area contributed by atoms with Crippen molar-refractivity contribution in [2.45, 2.75) is 19.0 Å². The Kier molecular flexibility index (Phi) is 6.36. The first-order valence-electron chi connectivity index (χ1n) is 7.69. The van der Waals surface area contributed by atoms with Gasteiger partial charge in [0, 0.05) is 0 Å². The van der Waals surface area contributed by atoms with Crippen molar-refractivity contribution >= 4 is 17.6 Å². The summed E-state index contributed by atoms with van der Waals surface area (Å²) in [6, 6.07) is 15.0. The summed E-state index contributed by atoms with van der Waals surface area (Å²) in [5.41, 5.74) is 7.71. The maximum atomic E-state index is 11.3. The third-order valence-electron chi connectivity index (χ3n) is 3.68. The fourth-order valence-electron chi connectivity index (χ4n) is 2.32. The Morgan fingerprint density at radius 1 is 0.960 bits per heavy atom. The molecule has 130 valence electrons. The second-order valence-electron chi connectivity index (χ2n) is 5.57. The highest BCUT2D eigenvalue weighted by Gasteiger charge is 2.30. The maximum absolute atomic E-state index is 11.3. The summed E-state index contributed by atoms with van der Waals surface area (Å²) in [4.78, 5) is 22.2. The van der Waals surface area contributed by atoms with Gasteiger partial charge in [-0.25, -0.2) is 0 Å². The molecule has 0 spiro atoms. The van der Waals surface area contributed by atoms with Crippen molar-refractivity contribution in [2.75, 3.05) is 0 Å². The molecule has 0 aliphatic heterocycles. The topological polar surface area (TPSA) is 125 Å². The lowest BCUT2D eigenvalue weighted by Gasteiger charge is -2.16. The van der Waals surface area contributed by atoms with E-state index in [1.165, 1.54) is 0 Å². The molecule has 2 aromatic rings. The van der Waals surface area contributed by atoms with Gasteiger partial charge in [0.15, 0.2) is 0 Å². The summed E-state index contributed by atoms with van der Waals surface area (Å²) in [5.74, 6) is -3.80. The summed E-state index contributed by atoms with van der Waals surface area (Å²) >= 11 is 0. The van der Waals surface area contributed by atoms with Crippen LogP contribution in [0.4, 0.5) is 5.69 Å². The van der Waals surface area contributed by atoms with E-state index in [2.05, 4.69) is 10.2 Å². The van der Waals surface area contributed by atoms with Crippen molar-refractivity contribution in [3.63, 3.8) is 0 Å². The molecule has 7 heteroatoms. The minimum absolute atomic E-state index is 0.00481. The lowest BCUT2D eigenvalue weighted by molar-refractivity contribution is -0.149. The standard InChI is InChI=1S/C18H19N3O4/c19-16(18(24)25)15(17(22)23)10-13-7-4-8-14(9-13)21-20-11-12-5-2-1-3-6-12/h1-9,15-16H,10-11,19H2,(H,22,23)(H,24,25)/t15?,16-/m0/s1. The smallest absolute Gasteiger partial charge is 0.321 e. The molecule has 0 aliphatic carbocycles.